The van der Waals surface area contributed by atoms with E-state index in [1.807, 2.05) is 4.90 Å². The van der Waals surface area contributed by atoms with E-state index in [1.54, 1.807) is 6.92 Å². The molecule has 4 heteroatoms. The third kappa shape index (κ3) is 3.22. The van der Waals surface area contributed by atoms with Gasteiger partial charge in [-0.25, -0.2) is 0 Å². The van der Waals surface area contributed by atoms with Crippen molar-refractivity contribution in [1.29, 1.82) is 0 Å². The van der Waals surface area contributed by atoms with E-state index in [9.17, 15) is 9.59 Å². The maximum Gasteiger partial charge on any atom is 0.306 e. The summed E-state index contributed by atoms with van der Waals surface area (Å²) < 4.78 is 4.80. The maximum absolute atomic E-state index is 11.9. The topological polar surface area (TPSA) is 46.6 Å². The van der Waals surface area contributed by atoms with Gasteiger partial charge in [-0.1, -0.05) is 0 Å². The van der Waals surface area contributed by atoms with Gasteiger partial charge in [0.1, 0.15) is 0 Å². The van der Waals surface area contributed by atoms with Crippen LogP contribution < -0.4 is 0 Å². The molecule has 1 fully saturated rings. The zero-order valence-corrected chi connectivity index (χ0v) is 10.4. The molecular formula is C12H21NO3. The fourth-order valence-corrected chi connectivity index (χ4v) is 2.15. The summed E-state index contributed by atoms with van der Waals surface area (Å²) in [5, 5.41) is 0. The predicted molar refractivity (Wildman–Crippen MR) is 60.9 cm³/mol. The summed E-state index contributed by atoms with van der Waals surface area (Å²) in [5.41, 5.74) is -0.0499. The molecule has 4 nitrogen and oxygen atoms in total. The van der Waals surface area contributed by atoms with Gasteiger partial charge >= 0.3 is 5.97 Å². The van der Waals surface area contributed by atoms with Crippen LogP contribution in [-0.2, 0) is 14.3 Å². The normalized spacial score (nSPS) is 18.6. The molecule has 0 aromatic heterocycles. The quantitative estimate of drug-likeness (QED) is 0.687. The Morgan fingerprint density at radius 3 is 2.50 bits per heavy atom. The second-order valence-electron chi connectivity index (χ2n) is 4.77. The molecule has 0 N–H and O–H groups in total. The van der Waals surface area contributed by atoms with Gasteiger partial charge in [-0.05, 0) is 33.6 Å². The van der Waals surface area contributed by atoms with E-state index in [4.69, 9.17) is 4.74 Å². The zero-order valence-electron chi connectivity index (χ0n) is 10.4. The molecule has 1 heterocycles. The summed E-state index contributed by atoms with van der Waals surface area (Å²) in [7, 11) is 0. The van der Waals surface area contributed by atoms with Crippen LogP contribution in [0.15, 0.2) is 0 Å². The number of likely N-dealkylation sites (tertiary alicyclic amines) is 1. The molecule has 0 radical (unpaired) electrons. The van der Waals surface area contributed by atoms with Gasteiger partial charge in [0.05, 0.1) is 13.0 Å². The van der Waals surface area contributed by atoms with E-state index < -0.39 is 0 Å². The second-order valence-corrected chi connectivity index (χ2v) is 4.77. The fraction of sp³-hybridized carbons (Fsp3) is 0.833. The molecule has 0 aromatic rings. The van der Waals surface area contributed by atoms with Crippen molar-refractivity contribution in [3.63, 3.8) is 0 Å². The third-order valence-corrected chi connectivity index (χ3v) is 3.05. The number of rotatable bonds is 4. The van der Waals surface area contributed by atoms with Crippen LogP contribution in [0.3, 0.4) is 0 Å². The van der Waals surface area contributed by atoms with Crippen LogP contribution in [0, 0.1) is 0 Å². The number of amides is 1. The monoisotopic (exact) mass is 227 g/mol. The molecule has 1 amide bonds. The van der Waals surface area contributed by atoms with E-state index in [1.165, 1.54) is 0 Å². The first kappa shape index (κ1) is 13.0. The van der Waals surface area contributed by atoms with E-state index in [-0.39, 0.29) is 30.3 Å². The van der Waals surface area contributed by atoms with Gasteiger partial charge in [-0.2, -0.15) is 0 Å². The standard InChI is InChI=1S/C12H21NO3/c1-4-16-11(15)7-6-10(14)13-9-5-8-12(13,2)3/h4-9H2,1-3H3. The van der Waals surface area contributed by atoms with Crippen LogP contribution in [0.5, 0.6) is 0 Å². The summed E-state index contributed by atoms with van der Waals surface area (Å²) in [5.74, 6) is -0.219. The molecule has 0 bridgehead atoms. The molecule has 16 heavy (non-hydrogen) atoms. The van der Waals surface area contributed by atoms with Crippen LogP contribution in [0.25, 0.3) is 0 Å². The largest absolute Gasteiger partial charge is 0.466 e. The molecule has 1 aliphatic rings. The van der Waals surface area contributed by atoms with Crippen molar-refractivity contribution in [1.82, 2.24) is 4.90 Å². The number of nitrogens with zero attached hydrogens (tertiary/aromatic N) is 1. The van der Waals surface area contributed by atoms with Crippen LogP contribution in [0.1, 0.15) is 46.5 Å². The van der Waals surface area contributed by atoms with Crippen LogP contribution in [-0.4, -0.2) is 35.5 Å². The minimum atomic E-state index is -0.284. The van der Waals surface area contributed by atoms with Crippen molar-refractivity contribution >= 4 is 11.9 Å². The van der Waals surface area contributed by atoms with Gasteiger partial charge in [0, 0.05) is 18.5 Å². The van der Waals surface area contributed by atoms with Gasteiger partial charge in [-0.15, -0.1) is 0 Å². The highest BCUT2D eigenvalue weighted by atomic mass is 16.5. The summed E-state index contributed by atoms with van der Waals surface area (Å²) in [4.78, 5) is 24.9. The average Bonchev–Trinajstić information content (AvgIpc) is 2.55. The Morgan fingerprint density at radius 2 is 2.00 bits per heavy atom. The summed E-state index contributed by atoms with van der Waals surface area (Å²) >= 11 is 0. The number of esters is 1. The molecular weight excluding hydrogens is 206 g/mol. The molecule has 92 valence electrons. The Balaban J connectivity index is 2.38. The molecule has 0 saturated carbocycles. The van der Waals surface area contributed by atoms with Crippen molar-refractivity contribution in [2.75, 3.05) is 13.2 Å². The molecule has 0 spiro atoms. The number of ether oxygens (including phenoxy) is 1. The van der Waals surface area contributed by atoms with Crippen LogP contribution in [0.2, 0.25) is 0 Å². The lowest BCUT2D eigenvalue weighted by Crippen LogP contribution is -2.42. The van der Waals surface area contributed by atoms with E-state index in [0.717, 1.165) is 19.4 Å². The van der Waals surface area contributed by atoms with Gasteiger partial charge in [-0.3, -0.25) is 9.59 Å². The van der Waals surface area contributed by atoms with Gasteiger partial charge in [0.25, 0.3) is 0 Å². The highest BCUT2D eigenvalue weighted by molar-refractivity contribution is 5.82. The number of hydrogen-bond acceptors (Lipinski definition) is 3. The minimum Gasteiger partial charge on any atom is -0.466 e. The zero-order chi connectivity index (χ0) is 12.2. The third-order valence-electron chi connectivity index (χ3n) is 3.05. The van der Waals surface area contributed by atoms with Gasteiger partial charge in [0.15, 0.2) is 0 Å². The van der Waals surface area contributed by atoms with E-state index in [0.29, 0.717) is 6.61 Å². The molecule has 0 atom stereocenters. The first-order valence-corrected chi connectivity index (χ1v) is 5.93. The Morgan fingerprint density at radius 1 is 1.31 bits per heavy atom. The van der Waals surface area contributed by atoms with Gasteiger partial charge in [0.2, 0.25) is 5.91 Å². The average molecular weight is 227 g/mol. The lowest BCUT2D eigenvalue weighted by molar-refractivity contribution is -0.146. The molecule has 1 saturated heterocycles. The van der Waals surface area contributed by atoms with Crippen molar-refractivity contribution in [2.24, 2.45) is 0 Å². The first-order valence-electron chi connectivity index (χ1n) is 5.93. The lowest BCUT2D eigenvalue weighted by Gasteiger charge is -2.31. The van der Waals surface area contributed by atoms with E-state index >= 15 is 0 Å². The molecule has 0 unspecified atom stereocenters. The van der Waals surface area contributed by atoms with Crippen molar-refractivity contribution in [3.05, 3.63) is 0 Å². The predicted octanol–water partition coefficient (Wildman–Crippen LogP) is 1.73. The molecule has 1 rings (SSSR count). The van der Waals surface area contributed by atoms with E-state index in [2.05, 4.69) is 13.8 Å². The number of hydrogen-bond donors (Lipinski definition) is 0. The minimum absolute atomic E-state index is 0.0499. The molecule has 0 aliphatic carbocycles. The van der Waals surface area contributed by atoms with Gasteiger partial charge < -0.3 is 9.64 Å². The number of carbonyl (C=O) groups is 2. The maximum atomic E-state index is 11.9. The highest BCUT2D eigenvalue weighted by Crippen LogP contribution is 2.28. The Labute approximate surface area is 96.9 Å². The number of carbonyl (C=O) groups excluding carboxylic acids is 2. The summed E-state index contributed by atoms with van der Waals surface area (Å²) in [6, 6.07) is 0. The highest BCUT2D eigenvalue weighted by Gasteiger charge is 2.34. The first-order chi connectivity index (χ1) is 7.47. The molecule has 1 aliphatic heterocycles. The van der Waals surface area contributed by atoms with Crippen molar-refractivity contribution in [2.45, 2.75) is 52.0 Å². The van der Waals surface area contributed by atoms with Crippen molar-refractivity contribution < 1.29 is 14.3 Å². The Kier molecular flexibility index (Phi) is 4.33. The van der Waals surface area contributed by atoms with Crippen molar-refractivity contribution in [3.8, 4) is 0 Å². The summed E-state index contributed by atoms with van der Waals surface area (Å²) in [6.07, 6.45) is 2.55. The fourth-order valence-electron chi connectivity index (χ4n) is 2.15. The van der Waals surface area contributed by atoms with Crippen LogP contribution >= 0.6 is 0 Å². The second kappa shape index (κ2) is 5.32. The lowest BCUT2D eigenvalue weighted by atomic mass is 10.0. The SMILES string of the molecule is CCOC(=O)CCC(=O)N1CCCC1(C)C. The Bertz CT molecular complexity index is 273. The Hall–Kier alpha value is -1.06. The smallest absolute Gasteiger partial charge is 0.306 e. The molecule has 0 aromatic carbocycles. The summed E-state index contributed by atoms with van der Waals surface area (Å²) in [6.45, 7) is 7.10. The van der Waals surface area contributed by atoms with Crippen LogP contribution in [0.4, 0.5) is 0 Å².